The van der Waals surface area contributed by atoms with Crippen molar-refractivity contribution in [2.75, 3.05) is 22.1 Å². The number of sulfone groups is 1. The molecule has 1 atom stereocenters. The second kappa shape index (κ2) is 6.16. The highest BCUT2D eigenvalue weighted by atomic mass is 32.2. The van der Waals surface area contributed by atoms with E-state index in [-0.39, 0.29) is 17.5 Å². The van der Waals surface area contributed by atoms with Crippen molar-refractivity contribution in [3.63, 3.8) is 0 Å². The summed E-state index contributed by atoms with van der Waals surface area (Å²) in [5, 5.41) is 6.39. The van der Waals surface area contributed by atoms with Crippen molar-refractivity contribution in [2.24, 2.45) is 0 Å². The van der Waals surface area contributed by atoms with E-state index in [2.05, 4.69) is 20.6 Å². The number of hydrogen-bond donors (Lipinski definition) is 2. The fourth-order valence-corrected chi connectivity index (χ4v) is 4.34. The maximum absolute atomic E-state index is 11.6. The Morgan fingerprint density at radius 2 is 2.00 bits per heavy atom. The third kappa shape index (κ3) is 4.19. The van der Waals surface area contributed by atoms with E-state index in [9.17, 15) is 8.42 Å². The van der Waals surface area contributed by atoms with E-state index in [0.29, 0.717) is 18.2 Å². The van der Waals surface area contributed by atoms with Crippen molar-refractivity contribution in [1.82, 2.24) is 9.97 Å². The lowest BCUT2D eigenvalue weighted by atomic mass is 10.2. The van der Waals surface area contributed by atoms with E-state index in [1.54, 1.807) is 0 Å². The Kier molecular flexibility index (Phi) is 4.21. The molecule has 2 heterocycles. The highest BCUT2D eigenvalue weighted by Crippen LogP contribution is 2.20. The van der Waals surface area contributed by atoms with Crippen LogP contribution in [0, 0.1) is 13.8 Å². The lowest BCUT2D eigenvalue weighted by molar-refractivity contribution is 0.602. The molecule has 6 nitrogen and oxygen atoms in total. The quantitative estimate of drug-likeness (QED) is 0.894. The van der Waals surface area contributed by atoms with Crippen LogP contribution in [0.3, 0.4) is 0 Å². The zero-order valence-corrected chi connectivity index (χ0v) is 14.0. The highest BCUT2D eigenvalue weighted by Gasteiger charge is 2.28. The molecule has 1 unspecified atom stereocenters. The van der Waals surface area contributed by atoms with Gasteiger partial charge in [-0.15, -0.1) is 0 Å². The molecule has 1 aliphatic rings. The van der Waals surface area contributed by atoms with Crippen LogP contribution in [0.2, 0.25) is 0 Å². The molecule has 1 aromatic heterocycles. The minimum Gasteiger partial charge on any atom is -0.366 e. The van der Waals surface area contributed by atoms with Gasteiger partial charge >= 0.3 is 0 Å². The number of nitrogens with zero attached hydrogens (tertiary/aromatic N) is 2. The maximum atomic E-state index is 11.6. The smallest absolute Gasteiger partial charge is 0.229 e. The van der Waals surface area contributed by atoms with Gasteiger partial charge in [0.1, 0.15) is 5.82 Å². The second-order valence-electron chi connectivity index (χ2n) is 5.96. The Morgan fingerprint density at radius 1 is 1.17 bits per heavy atom. The van der Waals surface area contributed by atoms with Crippen LogP contribution >= 0.6 is 0 Å². The summed E-state index contributed by atoms with van der Waals surface area (Å²) in [6, 6.07) is 9.71. The summed E-state index contributed by atoms with van der Waals surface area (Å²) in [5.74, 6) is 1.55. The Morgan fingerprint density at radius 3 is 2.70 bits per heavy atom. The fourth-order valence-electron chi connectivity index (χ4n) is 2.67. The molecule has 1 aromatic carbocycles. The standard InChI is InChI=1S/C16H20N4O2S/c1-11-4-3-5-13(8-11)19-16-17-12(2)9-15(20-16)18-14-6-7-23(21,22)10-14/h3-5,8-9,14H,6-7,10H2,1-2H3,(H2,17,18,19,20). The Bertz CT molecular complexity index is 821. The van der Waals surface area contributed by atoms with Crippen LogP contribution in [0.5, 0.6) is 0 Å². The van der Waals surface area contributed by atoms with Crippen LogP contribution < -0.4 is 10.6 Å². The molecule has 122 valence electrons. The van der Waals surface area contributed by atoms with Gasteiger partial charge in [-0.1, -0.05) is 12.1 Å². The number of nitrogens with one attached hydrogen (secondary N) is 2. The number of hydrogen-bond acceptors (Lipinski definition) is 6. The van der Waals surface area contributed by atoms with Crippen LogP contribution in [0.15, 0.2) is 30.3 Å². The first-order valence-electron chi connectivity index (χ1n) is 7.56. The molecule has 0 spiro atoms. The Hall–Kier alpha value is -2.15. The molecular weight excluding hydrogens is 312 g/mol. The van der Waals surface area contributed by atoms with E-state index < -0.39 is 9.84 Å². The van der Waals surface area contributed by atoms with Gasteiger partial charge in [-0.3, -0.25) is 0 Å². The molecule has 0 amide bonds. The van der Waals surface area contributed by atoms with E-state index in [1.165, 1.54) is 0 Å². The van der Waals surface area contributed by atoms with Crippen molar-refractivity contribution >= 4 is 27.3 Å². The van der Waals surface area contributed by atoms with Gasteiger partial charge in [0.25, 0.3) is 0 Å². The van der Waals surface area contributed by atoms with E-state index in [4.69, 9.17) is 0 Å². The van der Waals surface area contributed by atoms with Crippen molar-refractivity contribution in [3.8, 4) is 0 Å². The van der Waals surface area contributed by atoms with Gasteiger partial charge in [-0.25, -0.2) is 13.4 Å². The number of benzene rings is 1. The van der Waals surface area contributed by atoms with Gasteiger partial charge in [-0.2, -0.15) is 4.98 Å². The summed E-state index contributed by atoms with van der Waals surface area (Å²) in [5.41, 5.74) is 2.89. The molecule has 2 aromatic rings. The number of aromatic nitrogens is 2. The van der Waals surface area contributed by atoms with E-state index in [0.717, 1.165) is 16.9 Å². The Balaban J connectivity index is 1.76. The Labute approximate surface area is 136 Å². The van der Waals surface area contributed by atoms with Crippen LogP contribution in [-0.4, -0.2) is 35.9 Å². The first kappa shape index (κ1) is 15.7. The monoisotopic (exact) mass is 332 g/mol. The van der Waals surface area contributed by atoms with Gasteiger partial charge in [0.2, 0.25) is 5.95 Å². The lowest BCUT2D eigenvalue weighted by Crippen LogP contribution is -2.21. The summed E-state index contributed by atoms with van der Waals surface area (Å²) in [7, 11) is -2.91. The van der Waals surface area contributed by atoms with Crippen LogP contribution in [-0.2, 0) is 9.84 Å². The van der Waals surface area contributed by atoms with Crippen molar-refractivity contribution in [3.05, 3.63) is 41.6 Å². The van der Waals surface area contributed by atoms with Crippen molar-refractivity contribution in [1.29, 1.82) is 0 Å². The van der Waals surface area contributed by atoms with Crippen molar-refractivity contribution < 1.29 is 8.42 Å². The van der Waals surface area contributed by atoms with Gasteiger partial charge in [0.15, 0.2) is 9.84 Å². The summed E-state index contributed by atoms with van der Waals surface area (Å²) in [4.78, 5) is 8.82. The minimum atomic E-state index is -2.91. The van der Waals surface area contributed by atoms with E-state index in [1.807, 2.05) is 44.2 Å². The predicted molar refractivity (Wildman–Crippen MR) is 91.9 cm³/mol. The molecule has 3 rings (SSSR count). The average Bonchev–Trinajstić information content (AvgIpc) is 2.77. The van der Waals surface area contributed by atoms with Gasteiger partial charge < -0.3 is 10.6 Å². The maximum Gasteiger partial charge on any atom is 0.229 e. The van der Waals surface area contributed by atoms with Crippen molar-refractivity contribution in [2.45, 2.75) is 26.3 Å². The molecule has 2 N–H and O–H groups in total. The molecule has 1 aliphatic heterocycles. The summed E-state index contributed by atoms with van der Waals surface area (Å²) >= 11 is 0. The van der Waals surface area contributed by atoms with Crippen LogP contribution in [0.1, 0.15) is 17.7 Å². The first-order valence-corrected chi connectivity index (χ1v) is 9.38. The largest absolute Gasteiger partial charge is 0.366 e. The van der Waals surface area contributed by atoms with Gasteiger partial charge in [0, 0.05) is 23.5 Å². The highest BCUT2D eigenvalue weighted by molar-refractivity contribution is 7.91. The zero-order valence-electron chi connectivity index (χ0n) is 13.2. The molecule has 0 saturated carbocycles. The predicted octanol–water partition coefficient (Wildman–Crippen LogP) is 2.44. The number of aryl methyl sites for hydroxylation is 2. The molecule has 0 radical (unpaired) electrons. The minimum absolute atomic E-state index is 0.0823. The third-order valence-corrected chi connectivity index (χ3v) is 5.48. The van der Waals surface area contributed by atoms with Gasteiger partial charge in [0.05, 0.1) is 11.5 Å². The number of anilines is 3. The first-order chi connectivity index (χ1) is 10.9. The molecule has 7 heteroatoms. The van der Waals surface area contributed by atoms with Crippen LogP contribution in [0.4, 0.5) is 17.5 Å². The molecule has 0 aliphatic carbocycles. The fraction of sp³-hybridized carbons (Fsp3) is 0.375. The molecule has 23 heavy (non-hydrogen) atoms. The summed E-state index contributed by atoms with van der Waals surface area (Å²) in [6.45, 7) is 3.91. The summed E-state index contributed by atoms with van der Waals surface area (Å²) in [6.07, 6.45) is 0.617. The van der Waals surface area contributed by atoms with E-state index >= 15 is 0 Å². The average molecular weight is 332 g/mol. The number of rotatable bonds is 4. The SMILES string of the molecule is Cc1cccc(Nc2nc(C)cc(NC3CCS(=O)(=O)C3)n2)c1. The second-order valence-corrected chi connectivity index (χ2v) is 8.19. The van der Waals surface area contributed by atoms with Gasteiger partial charge in [-0.05, 0) is 38.0 Å². The molecular formula is C16H20N4O2S. The lowest BCUT2D eigenvalue weighted by Gasteiger charge is -2.13. The normalized spacial score (nSPS) is 19.5. The summed E-state index contributed by atoms with van der Waals surface area (Å²) < 4.78 is 23.1. The van der Waals surface area contributed by atoms with Crippen LogP contribution in [0.25, 0.3) is 0 Å². The molecule has 0 bridgehead atoms. The zero-order chi connectivity index (χ0) is 16.4. The molecule has 1 fully saturated rings. The third-order valence-electron chi connectivity index (χ3n) is 3.71. The molecule has 1 saturated heterocycles. The topological polar surface area (TPSA) is 84.0 Å².